The Bertz CT molecular complexity index is 1650. The van der Waals surface area contributed by atoms with Gasteiger partial charge in [0.25, 0.3) is 0 Å². The van der Waals surface area contributed by atoms with Crippen LogP contribution >= 0.6 is 0 Å². The molecule has 0 saturated heterocycles. The van der Waals surface area contributed by atoms with Crippen molar-refractivity contribution in [3.63, 3.8) is 0 Å². The number of rotatable bonds is 10. The molecule has 0 aromatic heterocycles. The van der Waals surface area contributed by atoms with E-state index >= 15 is 0 Å². The summed E-state index contributed by atoms with van der Waals surface area (Å²) in [7, 11) is 6.93. The number of halogens is 3. The molecule has 1 aliphatic carbocycles. The van der Waals surface area contributed by atoms with E-state index in [4.69, 9.17) is 28.4 Å². The summed E-state index contributed by atoms with van der Waals surface area (Å²) in [6.45, 7) is 21.9. The largest absolute Gasteiger partial charge is 1.00 e. The summed E-state index contributed by atoms with van der Waals surface area (Å²) in [6, 6.07) is 6.24. The summed E-state index contributed by atoms with van der Waals surface area (Å²) in [5.41, 5.74) is 11.3. The number of allylic oxidation sites excluding steroid dienone is 4. The Morgan fingerprint density at radius 3 is 0.880 bits per heavy atom. The third-order valence-corrected chi connectivity index (χ3v) is 19.7. The van der Waals surface area contributed by atoms with Crippen LogP contribution in [0.5, 0.6) is 34.5 Å². The van der Waals surface area contributed by atoms with Gasteiger partial charge in [0.1, 0.15) is 0 Å². The molecule has 0 heterocycles. The average molecular weight is 798 g/mol. The Morgan fingerprint density at radius 2 is 0.680 bits per heavy atom. The van der Waals surface area contributed by atoms with Gasteiger partial charge < -0.3 is 37.2 Å². The molecule has 0 atom stereocenters. The van der Waals surface area contributed by atoms with Crippen molar-refractivity contribution in [1.82, 2.24) is 0 Å². The van der Waals surface area contributed by atoms with Crippen LogP contribution in [0.25, 0.3) is 0 Å². The Morgan fingerprint density at radius 1 is 0.440 bits per heavy atom. The molecule has 50 heavy (non-hydrogen) atoms. The minimum Gasteiger partial charge on any atom is -1.00 e. The van der Waals surface area contributed by atoms with Gasteiger partial charge in [0, 0.05) is 0 Å². The second-order valence-electron chi connectivity index (χ2n) is 12.8. The molecule has 0 N–H and O–H groups in total. The molecule has 4 rings (SSSR count). The zero-order valence-corrected chi connectivity index (χ0v) is 37.1. The zero-order chi connectivity index (χ0) is 35.3. The van der Waals surface area contributed by atoms with E-state index < -0.39 is 11.4 Å². The van der Waals surface area contributed by atoms with Gasteiger partial charge >= 0.3 is 296 Å². The van der Waals surface area contributed by atoms with Gasteiger partial charge in [0.2, 0.25) is 0 Å². The summed E-state index contributed by atoms with van der Waals surface area (Å²) in [5, 5.41) is 3.34. The van der Waals surface area contributed by atoms with Crippen LogP contribution in [0.1, 0.15) is 61.1 Å². The second-order valence-corrected chi connectivity index (χ2v) is 18.5. The third kappa shape index (κ3) is 6.28. The molecule has 0 fully saturated rings. The van der Waals surface area contributed by atoms with E-state index in [1.807, 2.05) is 0 Å². The maximum atomic E-state index is 6.54. The Labute approximate surface area is 331 Å². The van der Waals surface area contributed by atoms with Gasteiger partial charge in [-0.3, -0.25) is 0 Å². The molecule has 3 aromatic carbocycles. The smallest absolute Gasteiger partial charge is 1.00 e. The van der Waals surface area contributed by atoms with Crippen molar-refractivity contribution in [3.8, 4) is 34.5 Å². The minimum atomic E-state index is -3.62. The molecular formula is C39H51Cl3O6SiTi. The summed E-state index contributed by atoms with van der Waals surface area (Å²) in [5.74, 6) is 4.93. The van der Waals surface area contributed by atoms with Crippen molar-refractivity contribution in [1.29, 1.82) is 0 Å². The summed E-state index contributed by atoms with van der Waals surface area (Å²) in [4.78, 5) is 0. The standard InChI is InChI=1S/C39H51O6Si.3ClH.Ti/c1-20-17-30(40-11)27(8)37(33(20)43-14)46(36-25(6)23(4)24(5)26(36)7,38-28(9)31(41-12)18-21(2)34(38)44-15)39-29(10)32(42-13)19-22(3)35(39)45-16;;;;/h17-19H,1-16H3;3*1H;/q;;;;+3/p-3. The van der Waals surface area contributed by atoms with Gasteiger partial charge in [-0.2, -0.15) is 0 Å². The van der Waals surface area contributed by atoms with Crippen molar-refractivity contribution < 1.29 is 86.1 Å². The minimum absolute atomic E-state index is 0. The van der Waals surface area contributed by atoms with E-state index in [1.165, 1.54) is 22.3 Å². The summed E-state index contributed by atoms with van der Waals surface area (Å²) < 4.78 is 37.6. The number of methoxy groups -OCH3 is 6. The van der Waals surface area contributed by atoms with Crippen LogP contribution in [0.15, 0.2) is 40.5 Å². The molecule has 272 valence electrons. The molecule has 11 heteroatoms. The van der Waals surface area contributed by atoms with Crippen LogP contribution in [0, 0.1) is 41.5 Å². The first kappa shape index (κ1) is 45.8. The average Bonchev–Trinajstić information content (AvgIpc) is 3.20. The molecule has 3 aromatic rings. The fourth-order valence-electron chi connectivity index (χ4n) is 8.27. The summed E-state index contributed by atoms with van der Waals surface area (Å²) in [6.07, 6.45) is 0. The maximum absolute atomic E-state index is 6.54. The Balaban J connectivity index is 0.00000417. The van der Waals surface area contributed by atoms with Crippen molar-refractivity contribution in [3.05, 3.63) is 73.9 Å². The van der Waals surface area contributed by atoms with Crippen molar-refractivity contribution in [2.45, 2.75) is 72.6 Å². The third-order valence-electron chi connectivity index (χ3n) is 10.8. The SMILES string of the molecule is COc1cc(C)c(OC)c([Si](c2c(C)c(OC)cc(C)c2OC)(c2c(C)c(OC)cc(C)c2OC)[C]2([Ti+3])C(C)=C(C)C(C)=C2C)c1C.[Cl-].[Cl-].[Cl-]. The van der Waals surface area contributed by atoms with E-state index in [1.54, 1.807) is 42.7 Å². The van der Waals surface area contributed by atoms with Crippen LogP contribution < -0.4 is 81.2 Å². The molecule has 6 nitrogen and oxygen atoms in total. The van der Waals surface area contributed by atoms with Crippen LogP contribution in [0.4, 0.5) is 0 Å². The predicted octanol–water partition coefficient (Wildman–Crippen LogP) is -2.00. The van der Waals surface area contributed by atoms with Crippen LogP contribution in [-0.2, 0) is 20.4 Å². The number of aryl methyl sites for hydroxylation is 3. The van der Waals surface area contributed by atoms with Gasteiger partial charge in [0.05, 0.1) is 0 Å². The first-order chi connectivity index (χ1) is 22.1. The number of hydrogen-bond donors (Lipinski definition) is 0. The topological polar surface area (TPSA) is 55.4 Å². The summed E-state index contributed by atoms with van der Waals surface area (Å²) >= 11 is 2.43. The van der Waals surface area contributed by atoms with E-state index in [9.17, 15) is 0 Å². The first-order valence-electron chi connectivity index (χ1n) is 15.9. The zero-order valence-electron chi connectivity index (χ0n) is 32.3. The Kier molecular flexibility index (Phi) is 15.6. The van der Waals surface area contributed by atoms with Crippen LogP contribution in [-0.4, -0.2) is 50.7 Å². The molecule has 0 unspecified atom stereocenters. The van der Waals surface area contributed by atoms with Crippen LogP contribution in [0.3, 0.4) is 0 Å². The van der Waals surface area contributed by atoms with Gasteiger partial charge in [-0.15, -0.1) is 0 Å². The monoisotopic (exact) mass is 796 g/mol. The van der Waals surface area contributed by atoms with Gasteiger partial charge in [-0.05, 0) is 0 Å². The first-order valence-corrected chi connectivity index (χ1v) is 18.7. The van der Waals surface area contributed by atoms with E-state index in [0.29, 0.717) is 0 Å². The van der Waals surface area contributed by atoms with E-state index in [2.05, 4.69) is 108 Å². The number of benzene rings is 3. The molecule has 1 aliphatic rings. The maximum Gasteiger partial charge on any atom is -1.00 e. The van der Waals surface area contributed by atoms with E-state index in [-0.39, 0.29) is 37.2 Å². The van der Waals surface area contributed by atoms with Gasteiger partial charge in [-0.1, -0.05) is 0 Å². The molecule has 0 spiro atoms. The molecule has 0 amide bonds. The normalized spacial score (nSPS) is 13.6. The quantitative estimate of drug-likeness (QED) is 0.175. The number of ether oxygens (including phenoxy) is 6. The second kappa shape index (κ2) is 17.0. The van der Waals surface area contributed by atoms with Crippen molar-refractivity contribution in [2.75, 3.05) is 42.7 Å². The molecule has 0 radical (unpaired) electrons. The molecule has 0 aliphatic heterocycles. The van der Waals surface area contributed by atoms with Gasteiger partial charge in [0.15, 0.2) is 0 Å². The fourth-order valence-corrected chi connectivity index (χ4v) is 18.0. The molecular weight excluding hydrogens is 747 g/mol. The molecule has 0 bridgehead atoms. The Hall–Kier alpha value is -2.26. The van der Waals surface area contributed by atoms with Gasteiger partial charge in [-0.25, -0.2) is 0 Å². The molecule has 0 saturated carbocycles. The number of hydrogen-bond acceptors (Lipinski definition) is 6. The van der Waals surface area contributed by atoms with Crippen LogP contribution in [0.2, 0.25) is 3.34 Å². The van der Waals surface area contributed by atoms with Crippen molar-refractivity contribution in [2.24, 2.45) is 0 Å². The van der Waals surface area contributed by atoms with E-state index in [0.717, 1.165) is 83.4 Å². The predicted molar refractivity (Wildman–Crippen MR) is 191 cm³/mol. The van der Waals surface area contributed by atoms with Crippen molar-refractivity contribution >= 4 is 23.6 Å². The fraction of sp³-hybridized carbons (Fsp3) is 0.436.